The third kappa shape index (κ3) is 5.32. The van der Waals surface area contributed by atoms with Crippen molar-refractivity contribution in [2.24, 2.45) is 5.92 Å². The van der Waals surface area contributed by atoms with Gasteiger partial charge in [-0.05, 0) is 37.3 Å². The van der Waals surface area contributed by atoms with Crippen molar-refractivity contribution in [3.63, 3.8) is 0 Å². The number of nitrogens with one attached hydrogen (secondary N) is 1. The summed E-state index contributed by atoms with van der Waals surface area (Å²) in [7, 11) is 0. The number of thioether (sulfide) groups is 1. The maximum absolute atomic E-state index is 13.0. The number of para-hydroxylation sites is 1. The zero-order chi connectivity index (χ0) is 19.2. The molecule has 7 heteroatoms. The minimum absolute atomic E-state index is 0.0323. The van der Waals surface area contributed by atoms with E-state index >= 15 is 0 Å². The molecule has 1 aromatic heterocycles. The molecule has 146 valence electrons. The Kier molecular flexibility index (Phi) is 6.90. The number of carbonyl (C=O) groups excluding carboxylic acids is 1. The Morgan fingerprint density at radius 2 is 2.22 bits per heavy atom. The van der Waals surface area contributed by atoms with Gasteiger partial charge in [0.2, 0.25) is 5.91 Å². The van der Waals surface area contributed by atoms with Crippen LogP contribution in [0.4, 0.5) is 0 Å². The summed E-state index contributed by atoms with van der Waals surface area (Å²) in [5.41, 5.74) is 0.590. The summed E-state index contributed by atoms with van der Waals surface area (Å²) in [5.74, 6) is 0.762. The molecule has 0 saturated carbocycles. The molecule has 2 aromatic rings. The summed E-state index contributed by atoms with van der Waals surface area (Å²) in [4.78, 5) is 29.8. The van der Waals surface area contributed by atoms with Crippen LogP contribution in [0.3, 0.4) is 0 Å². The second-order valence-electron chi connectivity index (χ2n) is 7.28. The molecule has 1 fully saturated rings. The topological polar surface area (TPSA) is 73.2 Å². The molecule has 27 heavy (non-hydrogen) atoms. The molecule has 1 aromatic carbocycles. The predicted octanol–water partition coefficient (Wildman–Crippen LogP) is 2.83. The van der Waals surface area contributed by atoms with Crippen molar-refractivity contribution in [1.82, 2.24) is 14.9 Å². The van der Waals surface area contributed by atoms with E-state index in [0.29, 0.717) is 35.1 Å². The summed E-state index contributed by atoms with van der Waals surface area (Å²) >= 11 is 1.31. The second kappa shape index (κ2) is 9.37. The van der Waals surface area contributed by atoms with Crippen molar-refractivity contribution in [3.05, 3.63) is 34.6 Å². The van der Waals surface area contributed by atoms with Gasteiger partial charge in [0.05, 0.1) is 29.3 Å². The van der Waals surface area contributed by atoms with Gasteiger partial charge in [-0.3, -0.25) is 14.2 Å². The smallest absolute Gasteiger partial charge is 0.262 e. The van der Waals surface area contributed by atoms with E-state index in [1.54, 1.807) is 10.6 Å². The number of rotatable bonds is 8. The molecule has 1 saturated heterocycles. The van der Waals surface area contributed by atoms with E-state index in [2.05, 4.69) is 24.1 Å². The van der Waals surface area contributed by atoms with Gasteiger partial charge in [-0.2, -0.15) is 0 Å². The molecule has 0 unspecified atom stereocenters. The van der Waals surface area contributed by atoms with Crippen molar-refractivity contribution >= 4 is 28.6 Å². The summed E-state index contributed by atoms with van der Waals surface area (Å²) in [5, 5.41) is 4.10. The lowest BCUT2D eigenvalue weighted by Crippen LogP contribution is -2.30. The first-order valence-corrected chi connectivity index (χ1v) is 10.5. The van der Waals surface area contributed by atoms with E-state index in [1.165, 1.54) is 11.8 Å². The average molecular weight is 390 g/mol. The van der Waals surface area contributed by atoms with Gasteiger partial charge in [0, 0.05) is 13.2 Å². The lowest BCUT2D eigenvalue weighted by atomic mass is 10.1. The van der Waals surface area contributed by atoms with Gasteiger partial charge in [0.1, 0.15) is 0 Å². The minimum Gasteiger partial charge on any atom is -0.376 e. The van der Waals surface area contributed by atoms with E-state index < -0.39 is 0 Å². The largest absolute Gasteiger partial charge is 0.376 e. The second-order valence-corrected chi connectivity index (χ2v) is 8.23. The highest BCUT2D eigenvalue weighted by Gasteiger charge is 2.20. The fraction of sp³-hybridized carbons (Fsp3) is 0.550. The van der Waals surface area contributed by atoms with Crippen molar-refractivity contribution in [2.45, 2.75) is 50.9 Å². The molecular weight excluding hydrogens is 362 g/mol. The van der Waals surface area contributed by atoms with Gasteiger partial charge in [-0.25, -0.2) is 4.98 Å². The van der Waals surface area contributed by atoms with Gasteiger partial charge in [-0.15, -0.1) is 0 Å². The van der Waals surface area contributed by atoms with E-state index in [1.807, 2.05) is 18.2 Å². The van der Waals surface area contributed by atoms with Crippen LogP contribution in [0.15, 0.2) is 34.2 Å². The number of fused-ring (bicyclic) bond motifs is 1. The monoisotopic (exact) mass is 389 g/mol. The quantitative estimate of drug-likeness (QED) is 0.555. The van der Waals surface area contributed by atoms with Crippen molar-refractivity contribution in [3.8, 4) is 0 Å². The molecule has 0 aliphatic carbocycles. The van der Waals surface area contributed by atoms with Crippen molar-refractivity contribution in [2.75, 3.05) is 18.9 Å². The standard InChI is InChI=1S/C20H27N3O3S/c1-14(2)9-10-21-18(24)13-27-20-22-17-8-4-3-7-16(17)19(25)23(20)12-15-6-5-11-26-15/h3-4,7-8,14-15H,5-6,9-13H2,1-2H3,(H,21,24)/t15-/m0/s1. The van der Waals surface area contributed by atoms with Crippen LogP contribution in [-0.2, 0) is 16.1 Å². The molecule has 3 rings (SSSR count). The normalized spacial score (nSPS) is 16.9. The number of hydrogen-bond donors (Lipinski definition) is 1. The van der Waals surface area contributed by atoms with Crippen LogP contribution in [0.2, 0.25) is 0 Å². The van der Waals surface area contributed by atoms with Gasteiger partial charge in [0.15, 0.2) is 5.16 Å². The summed E-state index contributed by atoms with van der Waals surface area (Å²) < 4.78 is 7.37. The Hall–Kier alpha value is -1.86. The molecule has 1 aliphatic rings. The highest BCUT2D eigenvalue weighted by atomic mass is 32.2. The number of ether oxygens (including phenoxy) is 1. The first kappa shape index (κ1) is 19.9. The molecule has 0 radical (unpaired) electrons. The molecule has 0 bridgehead atoms. The van der Waals surface area contributed by atoms with Crippen LogP contribution < -0.4 is 10.9 Å². The highest BCUT2D eigenvalue weighted by molar-refractivity contribution is 7.99. The molecule has 1 aliphatic heterocycles. The number of aromatic nitrogens is 2. The van der Waals surface area contributed by atoms with Crippen LogP contribution in [-0.4, -0.2) is 40.5 Å². The zero-order valence-electron chi connectivity index (χ0n) is 15.9. The lowest BCUT2D eigenvalue weighted by molar-refractivity contribution is -0.118. The fourth-order valence-electron chi connectivity index (χ4n) is 3.09. The first-order chi connectivity index (χ1) is 13.0. The molecule has 6 nitrogen and oxygen atoms in total. The maximum atomic E-state index is 13.0. The SMILES string of the molecule is CC(C)CCNC(=O)CSc1nc2ccccc2c(=O)n1C[C@@H]1CCCO1. The Bertz CT molecular complexity index is 844. The lowest BCUT2D eigenvalue weighted by Gasteiger charge is -2.16. The van der Waals surface area contributed by atoms with Gasteiger partial charge >= 0.3 is 0 Å². The van der Waals surface area contributed by atoms with Gasteiger partial charge in [-0.1, -0.05) is 37.7 Å². The third-order valence-corrected chi connectivity index (χ3v) is 5.59. The molecule has 1 atom stereocenters. The van der Waals surface area contributed by atoms with Crippen LogP contribution in [0.25, 0.3) is 10.9 Å². The molecule has 2 heterocycles. The Balaban J connectivity index is 1.77. The zero-order valence-corrected chi connectivity index (χ0v) is 16.8. The Morgan fingerprint density at radius 3 is 2.96 bits per heavy atom. The van der Waals surface area contributed by atoms with Crippen molar-refractivity contribution < 1.29 is 9.53 Å². The maximum Gasteiger partial charge on any atom is 0.262 e. The van der Waals surface area contributed by atoms with Gasteiger partial charge < -0.3 is 10.1 Å². The van der Waals surface area contributed by atoms with E-state index in [9.17, 15) is 9.59 Å². The van der Waals surface area contributed by atoms with Crippen LogP contribution in [0.5, 0.6) is 0 Å². The summed E-state index contributed by atoms with van der Waals surface area (Å²) in [6.45, 7) is 6.15. The van der Waals surface area contributed by atoms with E-state index in [-0.39, 0.29) is 23.3 Å². The van der Waals surface area contributed by atoms with E-state index in [4.69, 9.17) is 4.74 Å². The predicted molar refractivity (Wildman–Crippen MR) is 108 cm³/mol. The first-order valence-electron chi connectivity index (χ1n) is 9.55. The number of nitrogens with zero attached hydrogens (tertiary/aromatic N) is 2. The third-order valence-electron chi connectivity index (χ3n) is 4.61. The molecule has 1 N–H and O–H groups in total. The Morgan fingerprint density at radius 1 is 1.41 bits per heavy atom. The van der Waals surface area contributed by atoms with Crippen LogP contribution >= 0.6 is 11.8 Å². The van der Waals surface area contributed by atoms with Crippen LogP contribution in [0.1, 0.15) is 33.1 Å². The molecular formula is C20H27N3O3S. The average Bonchev–Trinajstić information content (AvgIpc) is 3.15. The summed E-state index contributed by atoms with van der Waals surface area (Å²) in [6, 6.07) is 7.34. The Labute approximate surface area is 163 Å². The van der Waals surface area contributed by atoms with E-state index in [0.717, 1.165) is 25.9 Å². The molecule has 1 amide bonds. The van der Waals surface area contributed by atoms with Crippen LogP contribution in [0, 0.1) is 5.92 Å². The van der Waals surface area contributed by atoms with Gasteiger partial charge in [0.25, 0.3) is 5.56 Å². The summed E-state index contributed by atoms with van der Waals surface area (Å²) in [6.07, 6.45) is 2.94. The molecule has 0 spiro atoms. The minimum atomic E-state index is -0.0705. The number of amides is 1. The van der Waals surface area contributed by atoms with Crippen molar-refractivity contribution in [1.29, 1.82) is 0 Å². The number of carbonyl (C=O) groups is 1. The number of hydrogen-bond acceptors (Lipinski definition) is 5. The highest BCUT2D eigenvalue weighted by Crippen LogP contribution is 2.20. The number of benzene rings is 1. The fourth-order valence-corrected chi connectivity index (χ4v) is 3.93.